The normalized spacial score (nSPS) is 17.6. The summed E-state index contributed by atoms with van der Waals surface area (Å²) >= 11 is 0. The van der Waals surface area contributed by atoms with Gasteiger partial charge >= 0.3 is 0 Å². The van der Waals surface area contributed by atoms with Gasteiger partial charge in [0.05, 0.1) is 11.8 Å². The number of para-hydroxylation sites is 1. The highest BCUT2D eigenvalue weighted by atomic mass is 16.3. The molecule has 1 fully saturated rings. The fraction of sp³-hybridized carbons (Fsp3) is 0.400. The Bertz CT molecular complexity index is 570. The van der Waals surface area contributed by atoms with Gasteiger partial charge in [-0.05, 0) is 18.9 Å². The van der Waals surface area contributed by atoms with Gasteiger partial charge in [-0.1, -0.05) is 31.0 Å². The Labute approximate surface area is 113 Å². The van der Waals surface area contributed by atoms with Crippen LogP contribution in [0.5, 0.6) is 0 Å². The Morgan fingerprint density at radius 1 is 1.21 bits per heavy atom. The summed E-state index contributed by atoms with van der Waals surface area (Å²) in [7, 11) is 1.90. The zero-order valence-electron chi connectivity index (χ0n) is 11.1. The molecule has 2 N–H and O–H groups in total. The maximum absolute atomic E-state index is 10.8. The summed E-state index contributed by atoms with van der Waals surface area (Å²) in [6.07, 6.45) is 5.64. The summed E-state index contributed by atoms with van der Waals surface area (Å²) in [6.45, 7) is 0. The lowest BCUT2D eigenvalue weighted by Gasteiger charge is -2.26. The average molecular weight is 257 g/mol. The summed E-state index contributed by atoms with van der Waals surface area (Å²) in [5, 5.41) is 18.3. The molecule has 1 heterocycles. The van der Waals surface area contributed by atoms with E-state index in [4.69, 9.17) is 0 Å². The zero-order valence-corrected chi connectivity index (χ0v) is 11.1. The molecule has 3 rings (SSSR count). The van der Waals surface area contributed by atoms with E-state index in [0.717, 1.165) is 42.8 Å². The lowest BCUT2D eigenvalue weighted by Crippen LogP contribution is -2.22. The molecule has 0 radical (unpaired) electrons. The molecule has 19 heavy (non-hydrogen) atoms. The monoisotopic (exact) mass is 257 g/mol. The van der Waals surface area contributed by atoms with E-state index in [9.17, 15) is 5.11 Å². The molecule has 1 aliphatic carbocycles. The minimum atomic E-state index is -0.678. The van der Waals surface area contributed by atoms with E-state index in [1.807, 2.05) is 37.4 Å². The van der Waals surface area contributed by atoms with E-state index in [0.29, 0.717) is 0 Å². The fourth-order valence-corrected chi connectivity index (χ4v) is 2.86. The van der Waals surface area contributed by atoms with E-state index >= 15 is 0 Å². The van der Waals surface area contributed by atoms with Crippen molar-refractivity contribution >= 4 is 11.5 Å². The van der Waals surface area contributed by atoms with Gasteiger partial charge in [-0.3, -0.25) is 4.68 Å². The van der Waals surface area contributed by atoms with Gasteiger partial charge in [0.2, 0.25) is 0 Å². The molecule has 2 aromatic rings. The number of rotatable bonds is 3. The summed E-state index contributed by atoms with van der Waals surface area (Å²) in [5.74, 6) is 0.925. The molecule has 0 amide bonds. The highest BCUT2D eigenvalue weighted by Gasteiger charge is 2.34. The Hall–Kier alpha value is -1.81. The topological polar surface area (TPSA) is 50.1 Å². The molecule has 0 spiro atoms. The van der Waals surface area contributed by atoms with Gasteiger partial charge in [0, 0.05) is 24.4 Å². The number of aromatic nitrogens is 2. The van der Waals surface area contributed by atoms with Crippen molar-refractivity contribution in [3.8, 4) is 0 Å². The number of anilines is 2. The van der Waals surface area contributed by atoms with Crippen LogP contribution in [0.1, 0.15) is 31.2 Å². The highest BCUT2D eigenvalue weighted by molar-refractivity contribution is 5.62. The van der Waals surface area contributed by atoms with Crippen molar-refractivity contribution in [2.75, 3.05) is 5.32 Å². The standard InChI is InChI=1S/C15H19N3O/c1-18-14(8-11-16-18)17-13-7-3-2-6-12(13)15(19)9-4-5-10-15/h2-3,6-8,11,17,19H,4-5,9-10H2,1H3. The van der Waals surface area contributed by atoms with Gasteiger partial charge in [0.25, 0.3) is 0 Å². The van der Waals surface area contributed by atoms with Crippen LogP contribution in [0.4, 0.5) is 11.5 Å². The molecule has 4 nitrogen and oxygen atoms in total. The molecule has 0 unspecified atom stereocenters. The van der Waals surface area contributed by atoms with Crippen LogP contribution >= 0.6 is 0 Å². The first-order valence-electron chi connectivity index (χ1n) is 6.76. The van der Waals surface area contributed by atoms with Gasteiger partial charge in [0.1, 0.15) is 5.82 Å². The summed E-state index contributed by atoms with van der Waals surface area (Å²) < 4.78 is 1.79. The van der Waals surface area contributed by atoms with Gasteiger partial charge < -0.3 is 10.4 Å². The predicted molar refractivity (Wildman–Crippen MR) is 75.3 cm³/mol. The van der Waals surface area contributed by atoms with Crippen molar-refractivity contribution in [3.63, 3.8) is 0 Å². The molecule has 0 saturated heterocycles. The Morgan fingerprint density at radius 3 is 2.63 bits per heavy atom. The summed E-state index contributed by atoms with van der Waals surface area (Å²) in [4.78, 5) is 0. The maximum atomic E-state index is 10.8. The average Bonchev–Trinajstić information content (AvgIpc) is 3.01. The van der Waals surface area contributed by atoms with Crippen molar-refractivity contribution in [2.45, 2.75) is 31.3 Å². The van der Waals surface area contributed by atoms with Crippen molar-refractivity contribution in [2.24, 2.45) is 7.05 Å². The molecule has 100 valence electrons. The van der Waals surface area contributed by atoms with E-state index < -0.39 is 5.60 Å². The Kier molecular flexibility index (Phi) is 3.03. The third-order valence-electron chi connectivity index (χ3n) is 3.94. The number of aliphatic hydroxyl groups is 1. The Balaban J connectivity index is 1.96. The molecular weight excluding hydrogens is 238 g/mol. The minimum absolute atomic E-state index is 0.678. The molecule has 1 aromatic heterocycles. The maximum Gasteiger partial charge on any atom is 0.128 e. The number of hydrogen-bond acceptors (Lipinski definition) is 3. The number of hydrogen-bond donors (Lipinski definition) is 2. The van der Waals surface area contributed by atoms with Crippen LogP contribution in [-0.2, 0) is 12.6 Å². The van der Waals surface area contributed by atoms with Crippen molar-refractivity contribution in [3.05, 3.63) is 42.1 Å². The smallest absolute Gasteiger partial charge is 0.128 e. The van der Waals surface area contributed by atoms with Gasteiger partial charge in [-0.2, -0.15) is 5.10 Å². The first-order valence-corrected chi connectivity index (χ1v) is 6.76. The lowest BCUT2D eigenvalue weighted by atomic mass is 9.91. The van der Waals surface area contributed by atoms with Gasteiger partial charge in [-0.25, -0.2) is 0 Å². The SMILES string of the molecule is Cn1nccc1Nc1ccccc1C1(O)CCCC1. The van der Waals surface area contributed by atoms with Crippen LogP contribution in [0.2, 0.25) is 0 Å². The molecule has 0 bridgehead atoms. The van der Waals surface area contributed by atoms with Crippen molar-refractivity contribution in [1.29, 1.82) is 0 Å². The molecule has 1 aromatic carbocycles. The third kappa shape index (κ3) is 2.24. The highest BCUT2D eigenvalue weighted by Crippen LogP contribution is 2.42. The van der Waals surface area contributed by atoms with Crippen LogP contribution in [-0.4, -0.2) is 14.9 Å². The second kappa shape index (κ2) is 4.70. The van der Waals surface area contributed by atoms with Gasteiger partial charge in [0.15, 0.2) is 0 Å². The lowest BCUT2D eigenvalue weighted by molar-refractivity contribution is 0.0452. The van der Waals surface area contributed by atoms with Crippen LogP contribution in [0, 0.1) is 0 Å². The summed E-state index contributed by atoms with van der Waals surface area (Å²) in [6, 6.07) is 9.93. The first-order chi connectivity index (χ1) is 9.19. The number of benzene rings is 1. The number of nitrogens with one attached hydrogen (secondary N) is 1. The molecule has 0 atom stereocenters. The molecule has 1 aliphatic rings. The number of nitrogens with zero attached hydrogens (tertiary/aromatic N) is 2. The fourth-order valence-electron chi connectivity index (χ4n) is 2.86. The molecular formula is C15H19N3O. The predicted octanol–water partition coefficient (Wildman–Crippen LogP) is 2.93. The van der Waals surface area contributed by atoms with E-state index in [1.54, 1.807) is 10.9 Å². The molecule has 4 heteroatoms. The van der Waals surface area contributed by atoms with Gasteiger partial charge in [-0.15, -0.1) is 0 Å². The Morgan fingerprint density at radius 2 is 1.95 bits per heavy atom. The van der Waals surface area contributed by atoms with Crippen molar-refractivity contribution < 1.29 is 5.11 Å². The van der Waals surface area contributed by atoms with Crippen molar-refractivity contribution in [1.82, 2.24) is 9.78 Å². The summed E-state index contributed by atoms with van der Waals surface area (Å²) in [5.41, 5.74) is 1.28. The third-order valence-corrected chi connectivity index (χ3v) is 3.94. The molecule has 0 aliphatic heterocycles. The second-order valence-electron chi connectivity index (χ2n) is 5.25. The second-order valence-corrected chi connectivity index (χ2v) is 5.25. The molecule has 1 saturated carbocycles. The minimum Gasteiger partial charge on any atom is -0.385 e. The number of aryl methyl sites for hydroxylation is 1. The first kappa shape index (κ1) is 12.2. The zero-order chi connectivity index (χ0) is 13.3. The van der Waals surface area contributed by atoms with Crippen LogP contribution in [0.25, 0.3) is 0 Å². The van der Waals surface area contributed by atoms with Crippen LogP contribution in [0.3, 0.4) is 0 Å². The quantitative estimate of drug-likeness (QED) is 0.889. The van der Waals surface area contributed by atoms with E-state index in [1.165, 1.54) is 0 Å². The van der Waals surface area contributed by atoms with E-state index in [-0.39, 0.29) is 0 Å². The van der Waals surface area contributed by atoms with Crippen LogP contribution < -0.4 is 5.32 Å². The van der Waals surface area contributed by atoms with E-state index in [2.05, 4.69) is 10.4 Å². The largest absolute Gasteiger partial charge is 0.385 e. The van der Waals surface area contributed by atoms with Crippen LogP contribution in [0.15, 0.2) is 36.5 Å².